The summed E-state index contributed by atoms with van der Waals surface area (Å²) in [5.74, 6) is -0.106. The highest BCUT2D eigenvalue weighted by Crippen LogP contribution is 2.22. The van der Waals surface area contributed by atoms with E-state index >= 15 is 0 Å². The minimum atomic E-state index is -0.106. The van der Waals surface area contributed by atoms with Crippen LogP contribution in [0.4, 0.5) is 11.4 Å². The molecule has 0 fully saturated rings. The Morgan fingerprint density at radius 3 is 2.54 bits per heavy atom. The third-order valence-corrected chi connectivity index (χ3v) is 3.73. The standard InChI is InChI=1S/C17H17ClN4OS/c1-11-15(18)4-3-5-16(11)21-17(24)22-19-10-13-6-8-14(9-7-13)20-12(2)23/h3-10H,1-2H3,(H,20,23)(H2,21,22,24). The van der Waals surface area contributed by atoms with Crippen LogP contribution < -0.4 is 16.1 Å². The quantitative estimate of drug-likeness (QED) is 0.439. The number of benzene rings is 2. The van der Waals surface area contributed by atoms with Crippen LogP contribution in [0.1, 0.15) is 18.1 Å². The summed E-state index contributed by atoms with van der Waals surface area (Å²) in [5.41, 5.74) is 6.11. The van der Waals surface area contributed by atoms with Gasteiger partial charge in [-0.05, 0) is 54.5 Å². The maximum Gasteiger partial charge on any atom is 0.221 e. The number of hydrogen-bond donors (Lipinski definition) is 3. The first kappa shape index (κ1) is 17.9. The number of nitrogens with zero attached hydrogens (tertiary/aromatic N) is 1. The van der Waals surface area contributed by atoms with Crippen molar-refractivity contribution in [2.24, 2.45) is 5.10 Å². The van der Waals surface area contributed by atoms with E-state index in [1.807, 2.05) is 37.3 Å². The fourth-order valence-corrected chi connectivity index (χ4v) is 2.25. The van der Waals surface area contributed by atoms with Gasteiger partial charge in [0.05, 0.1) is 6.21 Å². The van der Waals surface area contributed by atoms with Crippen LogP contribution in [0.2, 0.25) is 5.02 Å². The first-order chi connectivity index (χ1) is 11.5. The fraction of sp³-hybridized carbons (Fsp3) is 0.118. The average Bonchev–Trinajstić information content (AvgIpc) is 2.53. The van der Waals surface area contributed by atoms with Crippen molar-refractivity contribution in [3.05, 3.63) is 58.6 Å². The van der Waals surface area contributed by atoms with Gasteiger partial charge in [-0.25, -0.2) is 0 Å². The molecule has 0 spiro atoms. The Morgan fingerprint density at radius 2 is 1.88 bits per heavy atom. The minimum Gasteiger partial charge on any atom is -0.331 e. The number of amides is 1. The number of anilines is 2. The van der Waals surface area contributed by atoms with Crippen molar-refractivity contribution in [2.45, 2.75) is 13.8 Å². The molecular weight excluding hydrogens is 344 g/mol. The topological polar surface area (TPSA) is 65.5 Å². The van der Waals surface area contributed by atoms with E-state index < -0.39 is 0 Å². The van der Waals surface area contributed by atoms with Crippen LogP contribution >= 0.6 is 23.8 Å². The van der Waals surface area contributed by atoms with E-state index in [9.17, 15) is 4.79 Å². The second-order valence-electron chi connectivity index (χ2n) is 5.04. The number of hydrazone groups is 1. The van der Waals surface area contributed by atoms with Crippen molar-refractivity contribution in [3.8, 4) is 0 Å². The van der Waals surface area contributed by atoms with Gasteiger partial charge >= 0.3 is 0 Å². The number of carbonyl (C=O) groups excluding carboxylic acids is 1. The molecule has 0 aliphatic heterocycles. The zero-order chi connectivity index (χ0) is 17.5. The number of hydrogen-bond acceptors (Lipinski definition) is 3. The molecule has 0 atom stereocenters. The maximum absolute atomic E-state index is 11.0. The number of carbonyl (C=O) groups is 1. The molecule has 0 aliphatic rings. The van der Waals surface area contributed by atoms with Gasteiger partial charge in [0.2, 0.25) is 5.91 Å². The summed E-state index contributed by atoms with van der Waals surface area (Å²) in [6.07, 6.45) is 1.64. The lowest BCUT2D eigenvalue weighted by Gasteiger charge is -2.10. The van der Waals surface area contributed by atoms with Crippen molar-refractivity contribution in [1.29, 1.82) is 0 Å². The van der Waals surface area contributed by atoms with E-state index in [4.69, 9.17) is 23.8 Å². The van der Waals surface area contributed by atoms with Gasteiger partial charge in [0.25, 0.3) is 0 Å². The van der Waals surface area contributed by atoms with Crippen molar-refractivity contribution in [3.63, 3.8) is 0 Å². The summed E-state index contributed by atoms with van der Waals surface area (Å²) in [6, 6.07) is 12.8. The molecule has 3 N–H and O–H groups in total. The molecular formula is C17H17ClN4OS. The van der Waals surface area contributed by atoms with E-state index in [0.29, 0.717) is 10.1 Å². The Balaban J connectivity index is 1.90. The first-order valence-electron chi connectivity index (χ1n) is 7.18. The van der Waals surface area contributed by atoms with E-state index in [1.54, 1.807) is 18.3 Å². The summed E-state index contributed by atoms with van der Waals surface area (Å²) in [4.78, 5) is 11.0. The normalized spacial score (nSPS) is 10.5. The zero-order valence-corrected chi connectivity index (χ0v) is 14.8. The molecule has 7 heteroatoms. The molecule has 0 unspecified atom stereocenters. The Labute approximate surface area is 151 Å². The second kappa shape index (κ2) is 8.42. The SMILES string of the molecule is CC(=O)Nc1ccc(C=NNC(=S)Nc2cccc(Cl)c2C)cc1. The molecule has 5 nitrogen and oxygen atoms in total. The van der Waals surface area contributed by atoms with Gasteiger partial charge < -0.3 is 10.6 Å². The molecule has 0 heterocycles. The molecule has 24 heavy (non-hydrogen) atoms. The lowest BCUT2D eigenvalue weighted by atomic mass is 10.2. The van der Waals surface area contributed by atoms with Crippen LogP contribution in [0.15, 0.2) is 47.6 Å². The van der Waals surface area contributed by atoms with Crippen LogP contribution in [-0.4, -0.2) is 17.2 Å². The molecule has 124 valence electrons. The van der Waals surface area contributed by atoms with Crippen LogP contribution in [0.25, 0.3) is 0 Å². The largest absolute Gasteiger partial charge is 0.331 e. The average molecular weight is 361 g/mol. The molecule has 2 rings (SSSR count). The Bertz CT molecular complexity index is 775. The molecule has 0 radical (unpaired) electrons. The number of thiocarbonyl (C=S) groups is 1. The van der Waals surface area contributed by atoms with Crippen LogP contribution in [0.3, 0.4) is 0 Å². The molecule has 0 saturated heterocycles. The Morgan fingerprint density at radius 1 is 1.17 bits per heavy atom. The van der Waals surface area contributed by atoms with Gasteiger partial charge in [-0.3, -0.25) is 10.2 Å². The van der Waals surface area contributed by atoms with E-state index in [0.717, 1.165) is 22.5 Å². The van der Waals surface area contributed by atoms with Crippen molar-refractivity contribution >= 4 is 52.4 Å². The lowest BCUT2D eigenvalue weighted by Crippen LogP contribution is -2.24. The highest BCUT2D eigenvalue weighted by atomic mass is 35.5. The van der Waals surface area contributed by atoms with E-state index in [-0.39, 0.29) is 5.91 Å². The monoisotopic (exact) mass is 360 g/mol. The summed E-state index contributed by atoms with van der Waals surface area (Å²) < 4.78 is 0. The van der Waals surface area contributed by atoms with Crippen molar-refractivity contribution in [2.75, 3.05) is 10.6 Å². The van der Waals surface area contributed by atoms with Crippen LogP contribution in [-0.2, 0) is 4.79 Å². The fourth-order valence-electron chi connectivity index (χ4n) is 1.91. The van der Waals surface area contributed by atoms with Gasteiger partial charge in [-0.1, -0.05) is 29.8 Å². The minimum absolute atomic E-state index is 0.106. The molecule has 2 aromatic rings. The Hall–Kier alpha value is -2.44. The molecule has 0 aromatic heterocycles. The maximum atomic E-state index is 11.0. The summed E-state index contributed by atoms with van der Waals surface area (Å²) in [7, 11) is 0. The molecule has 2 aromatic carbocycles. The summed E-state index contributed by atoms with van der Waals surface area (Å²) >= 11 is 11.3. The predicted octanol–water partition coefficient (Wildman–Crippen LogP) is 3.93. The van der Waals surface area contributed by atoms with E-state index in [1.165, 1.54) is 6.92 Å². The first-order valence-corrected chi connectivity index (χ1v) is 7.97. The zero-order valence-electron chi connectivity index (χ0n) is 13.3. The lowest BCUT2D eigenvalue weighted by molar-refractivity contribution is -0.114. The predicted molar refractivity (Wildman–Crippen MR) is 104 cm³/mol. The highest BCUT2D eigenvalue weighted by Gasteiger charge is 2.03. The highest BCUT2D eigenvalue weighted by molar-refractivity contribution is 7.80. The third kappa shape index (κ3) is 5.33. The van der Waals surface area contributed by atoms with Gasteiger partial charge in [-0.15, -0.1) is 0 Å². The third-order valence-electron chi connectivity index (χ3n) is 3.13. The van der Waals surface area contributed by atoms with Gasteiger partial charge in [0, 0.05) is 23.3 Å². The van der Waals surface area contributed by atoms with Crippen LogP contribution in [0.5, 0.6) is 0 Å². The number of halogens is 1. The van der Waals surface area contributed by atoms with Crippen molar-refractivity contribution in [1.82, 2.24) is 5.43 Å². The van der Waals surface area contributed by atoms with Gasteiger partial charge in [-0.2, -0.15) is 5.10 Å². The van der Waals surface area contributed by atoms with Crippen molar-refractivity contribution < 1.29 is 4.79 Å². The Kier molecular flexibility index (Phi) is 6.28. The molecule has 0 saturated carbocycles. The molecule has 0 bridgehead atoms. The van der Waals surface area contributed by atoms with Gasteiger partial charge in [0.15, 0.2) is 5.11 Å². The number of nitrogens with one attached hydrogen (secondary N) is 3. The molecule has 1 amide bonds. The van der Waals surface area contributed by atoms with E-state index in [2.05, 4.69) is 21.2 Å². The molecule has 0 aliphatic carbocycles. The number of rotatable bonds is 4. The smallest absolute Gasteiger partial charge is 0.221 e. The summed E-state index contributed by atoms with van der Waals surface area (Å²) in [5, 5.41) is 10.9. The summed E-state index contributed by atoms with van der Waals surface area (Å²) in [6.45, 7) is 3.38. The second-order valence-corrected chi connectivity index (χ2v) is 5.86. The van der Waals surface area contributed by atoms with Crippen LogP contribution in [0, 0.1) is 6.92 Å². The van der Waals surface area contributed by atoms with Gasteiger partial charge in [0.1, 0.15) is 0 Å².